The van der Waals surface area contributed by atoms with Gasteiger partial charge in [-0.25, -0.2) is 0 Å². The van der Waals surface area contributed by atoms with Gasteiger partial charge in [-0.1, -0.05) is 24.3 Å². The SMILES string of the molecule is N[C@@H](Cc1cccc(CCB(O)O)c1)C(=O)O. The molecule has 0 amide bonds. The van der Waals surface area contributed by atoms with Gasteiger partial charge < -0.3 is 20.9 Å². The average Bonchev–Trinajstić information content (AvgIpc) is 2.26. The zero-order valence-corrected chi connectivity index (χ0v) is 9.41. The van der Waals surface area contributed by atoms with Crippen molar-refractivity contribution >= 4 is 13.1 Å². The molecule has 92 valence electrons. The fourth-order valence-corrected chi connectivity index (χ4v) is 1.55. The molecule has 0 aliphatic heterocycles. The van der Waals surface area contributed by atoms with Gasteiger partial charge >= 0.3 is 13.1 Å². The Morgan fingerprint density at radius 3 is 2.59 bits per heavy atom. The molecule has 0 aliphatic carbocycles. The van der Waals surface area contributed by atoms with Crippen molar-refractivity contribution in [1.82, 2.24) is 0 Å². The molecule has 0 saturated carbocycles. The van der Waals surface area contributed by atoms with E-state index in [9.17, 15) is 4.79 Å². The third-order valence-corrected chi connectivity index (χ3v) is 2.46. The summed E-state index contributed by atoms with van der Waals surface area (Å²) in [6.45, 7) is 0. The van der Waals surface area contributed by atoms with Crippen LogP contribution in [0, 0.1) is 0 Å². The molecule has 1 aromatic carbocycles. The van der Waals surface area contributed by atoms with Crippen LogP contribution in [0.4, 0.5) is 0 Å². The van der Waals surface area contributed by atoms with E-state index in [1.807, 2.05) is 24.3 Å². The second kappa shape index (κ2) is 6.39. The van der Waals surface area contributed by atoms with E-state index in [1.165, 1.54) is 0 Å². The maximum Gasteiger partial charge on any atom is 0.451 e. The lowest BCUT2D eigenvalue weighted by Gasteiger charge is -2.08. The van der Waals surface area contributed by atoms with E-state index >= 15 is 0 Å². The Kier molecular flexibility index (Phi) is 5.15. The molecular weight excluding hydrogens is 221 g/mol. The van der Waals surface area contributed by atoms with E-state index in [0.29, 0.717) is 6.42 Å². The molecule has 0 aliphatic rings. The highest BCUT2D eigenvalue weighted by Crippen LogP contribution is 2.10. The Morgan fingerprint density at radius 2 is 2.00 bits per heavy atom. The average molecular weight is 237 g/mol. The molecule has 0 heterocycles. The molecule has 0 saturated heterocycles. The van der Waals surface area contributed by atoms with Crippen LogP contribution in [0.2, 0.25) is 6.32 Å². The van der Waals surface area contributed by atoms with Crippen molar-refractivity contribution in [2.24, 2.45) is 5.73 Å². The highest BCUT2D eigenvalue weighted by Gasteiger charge is 2.12. The number of carboxylic acid groups (broad SMARTS) is 1. The quantitative estimate of drug-likeness (QED) is 0.506. The van der Waals surface area contributed by atoms with Crippen LogP contribution in [0.25, 0.3) is 0 Å². The fraction of sp³-hybridized carbons (Fsp3) is 0.364. The van der Waals surface area contributed by atoms with Gasteiger partial charge in [0.15, 0.2) is 0 Å². The highest BCUT2D eigenvalue weighted by molar-refractivity contribution is 6.40. The predicted molar refractivity (Wildman–Crippen MR) is 64.5 cm³/mol. The van der Waals surface area contributed by atoms with Crippen molar-refractivity contribution in [3.63, 3.8) is 0 Å². The van der Waals surface area contributed by atoms with Gasteiger partial charge in [0.25, 0.3) is 0 Å². The van der Waals surface area contributed by atoms with Gasteiger partial charge in [-0.2, -0.15) is 0 Å². The van der Waals surface area contributed by atoms with Crippen molar-refractivity contribution in [3.05, 3.63) is 35.4 Å². The van der Waals surface area contributed by atoms with E-state index in [1.54, 1.807) is 0 Å². The Hall–Kier alpha value is -1.37. The topological polar surface area (TPSA) is 104 Å². The van der Waals surface area contributed by atoms with Gasteiger partial charge in [0.1, 0.15) is 6.04 Å². The maximum absolute atomic E-state index is 10.6. The second-order valence-electron chi connectivity index (χ2n) is 3.99. The van der Waals surface area contributed by atoms with Crippen molar-refractivity contribution < 1.29 is 19.9 Å². The molecule has 0 radical (unpaired) electrons. The molecule has 6 heteroatoms. The summed E-state index contributed by atoms with van der Waals surface area (Å²) in [4.78, 5) is 10.6. The first-order valence-electron chi connectivity index (χ1n) is 5.41. The van der Waals surface area contributed by atoms with E-state index in [-0.39, 0.29) is 12.7 Å². The maximum atomic E-state index is 10.6. The number of carbonyl (C=O) groups is 1. The number of benzene rings is 1. The zero-order valence-electron chi connectivity index (χ0n) is 9.41. The Bertz CT molecular complexity index is 383. The van der Waals surface area contributed by atoms with Crippen LogP contribution < -0.4 is 5.73 Å². The monoisotopic (exact) mass is 237 g/mol. The second-order valence-corrected chi connectivity index (χ2v) is 3.99. The predicted octanol–water partition coefficient (Wildman–Crippen LogP) is -0.344. The third-order valence-electron chi connectivity index (χ3n) is 2.46. The Morgan fingerprint density at radius 1 is 1.35 bits per heavy atom. The van der Waals surface area contributed by atoms with Crippen LogP contribution in [-0.2, 0) is 17.6 Å². The normalized spacial score (nSPS) is 12.2. The minimum atomic E-state index is -1.32. The van der Waals surface area contributed by atoms with Gasteiger partial charge in [0.2, 0.25) is 0 Å². The third kappa shape index (κ3) is 4.99. The van der Waals surface area contributed by atoms with Gasteiger partial charge in [0.05, 0.1) is 0 Å². The molecule has 0 aromatic heterocycles. The minimum absolute atomic E-state index is 0.258. The van der Waals surface area contributed by atoms with Crippen LogP contribution in [-0.4, -0.2) is 34.3 Å². The van der Waals surface area contributed by atoms with E-state index in [4.69, 9.17) is 20.9 Å². The zero-order chi connectivity index (χ0) is 12.8. The largest absolute Gasteiger partial charge is 0.480 e. The van der Waals surface area contributed by atoms with Crippen LogP contribution in [0.1, 0.15) is 11.1 Å². The summed E-state index contributed by atoms with van der Waals surface area (Å²) in [5, 5.41) is 26.2. The summed E-state index contributed by atoms with van der Waals surface area (Å²) in [6, 6.07) is 6.40. The Balaban J connectivity index is 2.62. The molecule has 0 spiro atoms. The molecule has 0 unspecified atom stereocenters. The lowest BCUT2D eigenvalue weighted by molar-refractivity contribution is -0.138. The summed E-state index contributed by atoms with van der Waals surface area (Å²) in [6.07, 6.45) is 1.06. The fourth-order valence-electron chi connectivity index (χ4n) is 1.55. The van der Waals surface area contributed by atoms with Gasteiger partial charge in [-0.3, -0.25) is 4.79 Å². The lowest BCUT2D eigenvalue weighted by Crippen LogP contribution is -2.32. The number of carboxylic acids is 1. The molecular formula is C11H16BNO4. The summed E-state index contributed by atoms with van der Waals surface area (Å²) in [7, 11) is -1.32. The summed E-state index contributed by atoms with van der Waals surface area (Å²) < 4.78 is 0. The van der Waals surface area contributed by atoms with Crippen molar-refractivity contribution in [3.8, 4) is 0 Å². The smallest absolute Gasteiger partial charge is 0.451 e. The minimum Gasteiger partial charge on any atom is -0.480 e. The lowest BCUT2D eigenvalue weighted by atomic mass is 9.82. The van der Waals surface area contributed by atoms with Gasteiger partial charge in [-0.15, -0.1) is 0 Å². The van der Waals surface area contributed by atoms with Crippen LogP contribution in [0.15, 0.2) is 24.3 Å². The highest BCUT2D eigenvalue weighted by atomic mass is 16.4. The van der Waals surface area contributed by atoms with Crippen LogP contribution >= 0.6 is 0 Å². The number of aliphatic carboxylic acids is 1. The summed E-state index contributed by atoms with van der Waals surface area (Å²) in [5.74, 6) is -1.03. The molecule has 17 heavy (non-hydrogen) atoms. The molecule has 0 bridgehead atoms. The van der Waals surface area contributed by atoms with E-state index < -0.39 is 19.1 Å². The molecule has 5 N–H and O–H groups in total. The van der Waals surface area contributed by atoms with Crippen LogP contribution in [0.3, 0.4) is 0 Å². The molecule has 1 rings (SSSR count). The van der Waals surface area contributed by atoms with E-state index in [2.05, 4.69) is 0 Å². The first-order chi connectivity index (χ1) is 7.99. The first kappa shape index (κ1) is 13.7. The number of aryl methyl sites for hydroxylation is 1. The first-order valence-corrected chi connectivity index (χ1v) is 5.41. The molecule has 1 aromatic rings. The van der Waals surface area contributed by atoms with Crippen molar-refractivity contribution in [2.75, 3.05) is 0 Å². The standard InChI is InChI=1S/C11H16BNO4/c13-10(11(14)15)7-9-3-1-2-8(6-9)4-5-12(16)17/h1-3,6,10,16-17H,4-5,7,13H2,(H,14,15)/t10-/m0/s1. The van der Waals surface area contributed by atoms with Crippen molar-refractivity contribution in [2.45, 2.75) is 25.2 Å². The number of hydrogen-bond acceptors (Lipinski definition) is 4. The number of nitrogens with two attached hydrogens (primary N) is 1. The number of hydrogen-bond donors (Lipinski definition) is 4. The summed E-state index contributed by atoms with van der Waals surface area (Å²) in [5.41, 5.74) is 7.22. The van der Waals surface area contributed by atoms with Crippen molar-refractivity contribution in [1.29, 1.82) is 0 Å². The van der Waals surface area contributed by atoms with Gasteiger partial charge in [-0.05, 0) is 30.3 Å². The Labute approximate surface area is 100 Å². The molecule has 5 nitrogen and oxygen atoms in total. The van der Waals surface area contributed by atoms with E-state index in [0.717, 1.165) is 11.1 Å². The van der Waals surface area contributed by atoms with Gasteiger partial charge in [0, 0.05) is 0 Å². The summed E-state index contributed by atoms with van der Waals surface area (Å²) >= 11 is 0. The number of rotatable bonds is 6. The molecule has 1 atom stereocenters. The van der Waals surface area contributed by atoms with Crippen LogP contribution in [0.5, 0.6) is 0 Å². The molecule has 0 fully saturated rings.